The zero-order chi connectivity index (χ0) is 17.2. The third-order valence-electron chi connectivity index (χ3n) is 3.32. The van der Waals surface area contributed by atoms with Gasteiger partial charge in [0.1, 0.15) is 12.2 Å². The Labute approximate surface area is 135 Å². The molecule has 0 saturated heterocycles. The van der Waals surface area contributed by atoms with Gasteiger partial charge in [-0.3, -0.25) is 14.7 Å². The summed E-state index contributed by atoms with van der Waals surface area (Å²) in [4.78, 5) is 21.5. The van der Waals surface area contributed by atoms with E-state index in [1.165, 1.54) is 18.3 Å². The lowest BCUT2D eigenvalue weighted by Crippen LogP contribution is -2.39. The van der Waals surface area contributed by atoms with E-state index >= 15 is 0 Å². The molecule has 0 atom stereocenters. The maximum Gasteiger partial charge on any atom is 0.406 e. The van der Waals surface area contributed by atoms with E-state index in [1.54, 1.807) is 42.5 Å². The van der Waals surface area contributed by atoms with Crippen LogP contribution in [-0.2, 0) is 0 Å². The number of alkyl halides is 3. The molecule has 122 valence electrons. The maximum absolute atomic E-state index is 12.9. The molecular formula is C17H12F3N3O. The van der Waals surface area contributed by atoms with Crippen molar-refractivity contribution in [1.82, 2.24) is 9.97 Å². The van der Waals surface area contributed by atoms with Gasteiger partial charge in [-0.25, -0.2) is 4.98 Å². The number of hydrogen-bond donors (Lipinski definition) is 0. The Morgan fingerprint density at radius 2 is 1.58 bits per heavy atom. The van der Waals surface area contributed by atoms with Gasteiger partial charge >= 0.3 is 6.18 Å². The Morgan fingerprint density at radius 1 is 0.958 bits per heavy atom. The molecule has 3 rings (SSSR count). The normalized spacial score (nSPS) is 11.5. The predicted molar refractivity (Wildman–Crippen MR) is 83.7 cm³/mol. The summed E-state index contributed by atoms with van der Waals surface area (Å²) in [6.45, 7) is -1.40. The zero-order valence-electron chi connectivity index (χ0n) is 12.4. The topological polar surface area (TPSA) is 46.1 Å². The van der Waals surface area contributed by atoms with E-state index < -0.39 is 18.6 Å². The first-order valence-corrected chi connectivity index (χ1v) is 7.09. The van der Waals surface area contributed by atoms with Crippen molar-refractivity contribution in [2.75, 3.05) is 11.4 Å². The summed E-state index contributed by atoms with van der Waals surface area (Å²) in [6.07, 6.45) is -3.34. The number of carbonyl (C=O) groups excluding carboxylic acids is 1. The Kier molecular flexibility index (Phi) is 4.16. The SMILES string of the molecule is O=C(c1cnc2ccccc2n1)N(CC(F)(F)F)c1ccccc1. The molecule has 0 radical (unpaired) electrons. The molecular weight excluding hydrogens is 319 g/mol. The van der Waals surface area contributed by atoms with Crippen molar-refractivity contribution in [3.8, 4) is 0 Å². The van der Waals surface area contributed by atoms with Crippen molar-refractivity contribution in [1.29, 1.82) is 0 Å². The lowest BCUT2D eigenvalue weighted by atomic mass is 10.2. The Balaban J connectivity index is 2.00. The van der Waals surface area contributed by atoms with Crippen LogP contribution in [0.4, 0.5) is 18.9 Å². The summed E-state index contributed by atoms with van der Waals surface area (Å²) in [5, 5.41) is 0. The molecule has 3 aromatic rings. The molecule has 1 heterocycles. The van der Waals surface area contributed by atoms with Crippen molar-refractivity contribution in [3.05, 3.63) is 66.5 Å². The number of anilines is 1. The molecule has 1 amide bonds. The van der Waals surface area contributed by atoms with Gasteiger partial charge < -0.3 is 0 Å². The third-order valence-corrected chi connectivity index (χ3v) is 3.32. The van der Waals surface area contributed by atoms with Gasteiger partial charge in [0.2, 0.25) is 0 Å². The van der Waals surface area contributed by atoms with Crippen molar-refractivity contribution in [2.24, 2.45) is 0 Å². The molecule has 0 saturated carbocycles. The van der Waals surface area contributed by atoms with Gasteiger partial charge in [0.25, 0.3) is 5.91 Å². The lowest BCUT2D eigenvalue weighted by molar-refractivity contribution is -0.118. The molecule has 2 aromatic carbocycles. The fraction of sp³-hybridized carbons (Fsp3) is 0.118. The molecule has 0 unspecified atom stereocenters. The summed E-state index contributed by atoms with van der Waals surface area (Å²) < 4.78 is 38.7. The molecule has 1 aromatic heterocycles. The van der Waals surface area contributed by atoms with Crippen LogP contribution < -0.4 is 4.90 Å². The molecule has 4 nitrogen and oxygen atoms in total. The molecule has 0 aliphatic carbocycles. The van der Waals surface area contributed by atoms with Gasteiger partial charge in [0.15, 0.2) is 0 Å². The quantitative estimate of drug-likeness (QED) is 0.732. The van der Waals surface area contributed by atoms with Crippen molar-refractivity contribution in [2.45, 2.75) is 6.18 Å². The van der Waals surface area contributed by atoms with Crippen molar-refractivity contribution in [3.63, 3.8) is 0 Å². The molecule has 7 heteroatoms. The highest BCUT2D eigenvalue weighted by molar-refractivity contribution is 6.05. The first-order chi connectivity index (χ1) is 11.4. The largest absolute Gasteiger partial charge is 0.406 e. The fourth-order valence-electron chi connectivity index (χ4n) is 2.27. The number of benzene rings is 2. The zero-order valence-corrected chi connectivity index (χ0v) is 12.4. The first kappa shape index (κ1) is 15.9. The molecule has 0 N–H and O–H groups in total. The highest BCUT2D eigenvalue weighted by Gasteiger charge is 2.34. The summed E-state index contributed by atoms with van der Waals surface area (Å²) in [6, 6.07) is 14.5. The summed E-state index contributed by atoms with van der Waals surface area (Å²) in [5.41, 5.74) is 1.02. The second kappa shape index (κ2) is 6.27. The molecule has 0 spiro atoms. The highest BCUT2D eigenvalue weighted by Crippen LogP contribution is 2.23. The van der Waals surface area contributed by atoms with E-state index in [9.17, 15) is 18.0 Å². The number of para-hydroxylation sites is 3. The van der Waals surface area contributed by atoms with Crippen LogP contribution in [-0.4, -0.2) is 28.6 Å². The van der Waals surface area contributed by atoms with E-state index in [4.69, 9.17) is 0 Å². The van der Waals surface area contributed by atoms with E-state index in [0.717, 1.165) is 0 Å². The lowest BCUT2D eigenvalue weighted by Gasteiger charge is -2.23. The Bertz CT molecular complexity index is 866. The van der Waals surface area contributed by atoms with Crippen LogP contribution in [0.1, 0.15) is 10.5 Å². The number of hydrogen-bond acceptors (Lipinski definition) is 3. The second-order valence-electron chi connectivity index (χ2n) is 5.09. The van der Waals surface area contributed by atoms with Crippen LogP contribution in [0, 0.1) is 0 Å². The number of carbonyl (C=O) groups is 1. The number of aromatic nitrogens is 2. The van der Waals surface area contributed by atoms with Gasteiger partial charge in [-0.2, -0.15) is 13.2 Å². The van der Waals surface area contributed by atoms with E-state index in [2.05, 4.69) is 9.97 Å². The summed E-state index contributed by atoms with van der Waals surface area (Å²) in [7, 11) is 0. The molecule has 24 heavy (non-hydrogen) atoms. The van der Waals surface area contributed by atoms with Crippen molar-refractivity contribution >= 4 is 22.6 Å². The number of amides is 1. The molecule has 0 aliphatic rings. The first-order valence-electron chi connectivity index (χ1n) is 7.09. The van der Waals surface area contributed by atoms with Crippen LogP contribution in [0.2, 0.25) is 0 Å². The predicted octanol–water partition coefficient (Wildman–Crippen LogP) is 3.84. The Morgan fingerprint density at radius 3 is 2.25 bits per heavy atom. The van der Waals surface area contributed by atoms with Crippen LogP contribution in [0.15, 0.2) is 60.8 Å². The van der Waals surface area contributed by atoms with Gasteiger partial charge in [-0.15, -0.1) is 0 Å². The minimum Gasteiger partial charge on any atom is -0.298 e. The molecule has 0 fully saturated rings. The number of fused-ring (bicyclic) bond motifs is 1. The van der Waals surface area contributed by atoms with Crippen LogP contribution >= 0.6 is 0 Å². The van der Waals surface area contributed by atoms with Gasteiger partial charge in [0, 0.05) is 5.69 Å². The second-order valence-corrected chi connectivity index (χ2v) is 5.09. The summed E-state index contributed by atoms with van der Waals surface area (Å²) in [5.74, 6) is -0.850. The average molecular weight is 331 g/mol. The van der Waals surface area contributed by atoms with Gasteiger partial charge in [-0.05, 0) is 24.3 Å². The summed E-state index contributed by atoms with van der Waals surface area (Å²) >= 11 is 0. The number of halogens is 3. The van der Waals surface area contributed by atoms with Crippen LogP contribution in [0.5, 0.6) is 0 Å². The monoisotopic (exact) mass is 331 g/mol. The number of rotatable bonds is 3. The van der Waals surface area contributed by atoms with E-state index in [1.807, 2.05) is 0 Å². The van der Waals surface area contributed by atoms with Gasteiger partial charge in [0.05, 0.1) is 17.2 Å². The van der Waals surface area contributed by atoms with Gasteiger partial charge in [-0.1, -0.05) is 30.3 Å². The molecule has 0 aliphatic heterocycles. The number of nitrogens with zero attached hydrogens (tertiary/aromatic N) is 3. The fourth-order valence-corrected chi connectivity index (χ4v) is 2.27. The minimum absolute atomic E-state index is 0.137. The maximum atomic E-state index is 12.9. The van der Waals surface area contributed by atoms with E-state index in [0.29, 0.717) is 15.9 Å². The molecule has 0 bridgehead atoms. The third kappa shape index (κ3) is 3.51. The highest BCUT2D eigenvalue weighted by atomic mass is 19.4. The van der Waals surface area contributed by atoms with E-state index in [-0.39, 0.29) is 11.4 Å². The smallest absolute Gasteiger partial charge is 0.298 e. The van der Waals surface area contributed by atoms with Crippen molar-refractivity contribution < 1.29 is 18.0 Å². The van der Waals surface area contributed by atoms with Crippen LogP contribution in [0.25, 0.3) is 11.0 Å². The van der Waals surface area contributed by atoms with Crippen LogP contribution in [0.3, 0.4) is 0 Å². The Hall–Kier alpha value is -2.96. The standard InChI is InChI=1S/C17H12F3N3O/c18-17(19,20)11-23(12-6-2-1-3-7-12)16(24)15-10-21-13-8-4-5-9-14(13)22-15/h1-10H,11H2. The average Bonchev–Trinajstić information content (AvgIpc) is 2.58. The minimum atomic E-state index is -4.53.